The molecule has 2 saturated heterocycles. The summed E-state index contributed by atoms with van der Waals surface area (Å²) in [6.45, 7) is 9.26. The second-order valence-electron chi connectivity index (χ2n) is 13.4. The van der Waals surface area contributed by atoms with Crippen LogP contribution in [0.1, 0.15) is 24.5 Å². The summed E-state index contributed by atoms with van der Waals surface area (Å²) in [5.74, 6) is -2.28. The number of fused-ring (bicyclic) bond motifs is 2. The zero-order valence-corrected chi connectivity index (χ0v) is 28.7. The number of carbonyl (C=O) groups is 3. The lowest BCUT2D eigenvalue weighted by Gasteiger charge is -2.37. The van der Waals surface area contributed by atoms with Crippen molar-refractivity contribution >= 4 is 37.4 Å². The number of ether oxygens (including phenoxy) is 2. The number of benzene rings is 2. The van der Waals surface area contributed by atoms with Crippen LogP contribution in [-0.2, 0) is 36.0 Å². The van der Waals surface area contributed by atoms with Gasteiger partial charge >= 0.3 is 0 Å². The van der Waals surface area contributed by atoms with Crippen molar-refractivity contribution in [2.75, 3.05) is 29.9 Å². The first-order valence-corrected chi connectivity index (χ1v) is 19.3. The molecule has 7 N–H and O–H groups in total. The predicted molar refractivity (Wildman–Crippen MR) is 179 cm³/mol. The van der Waals surface area contributed by atoms with E-state index >= 15 is 0 Å². The topological polar surface area (TPSA) is 210 Å². The van der Waals surface area contributed by atoms with Crippen molar-refractivity contribution in [2.24, 2.45) is 5.92 Å². The highest BCUT2D eigenvalue weighted by molar-refractivity contribution is 6.71. The number of carbonyl (C=O) groups excluding carboxylic acids is 3. The summed E-state index contributed by atoms with van der Waals surface area (Å²) in [6.07, 6.45) is -8.62. The fourth-order valence-electron chi connectivity index (χ4n) is 7.47. The lowest BCUT2D eigenvalue weighted by Crippen LogP contribution is -2.60. The van der Waals surface area contributed by atoms with Crippen LogP contribution in [0, 0.1) is 5.92 Å². The van der Waals surface area contributed by atoms with Crippen LogP contribution in [0.3, 0.4) is 0 Å². The molecule has 3 aliphatic heterocycles. The second kappa shape index (κ2) is 14.4. The predicted octanol–water partition coefficient (Wildman–Crippen LogP) is 0.167. The number of hydrogen-bond donors (Lipinski definition) is 7. The Kier molecular flexibility index (Phi) is 10.8. The first kappa shape index (κ1) is 36.8. The monoisotopic (exact) mass is 699 g/mol. The van der Waals surface area contributed by atoms with Crippen LogP contribution in [0.15, 0.2) is 61.2 Å². The fraction of sp³-hybridized carbons (Fsp3) is 0.500. The van der Waals surface area contributed by atoms with Gasteiger partial charge in [-0.2, -0.15) is 0 Å². The Bertz CT molecular complexity index is 1560. The van der Waals surface area contributed by atoms with Gasteiger partial charge < -0.3 is 54.9 Å². The van der Waals surface area contributed by atoms with Crippen LogP contribution in [0.25, 0.3) is 0 Å². The number of amides is 3. The summed E-state index contributed by atoms with van der Waals surface area (Å²) in [5.41, 5.74) is -0.322. The van der Waals surface area contributed by atoms with E-state index < -0.39 is 74.0 Å². The van der Waals surface area contributed by atoms with Crippen LogP contribution < -0.4 is 10.2 Å². The van der Waals surface area contributed by atoms with E-state index in [0.717, 1.165) is 5.56 Å². The van der Waals surface area contributed by atoms with Crippen LogP contribution in [0.2, 0.25) is 18.6 Å². The van der Waals surface area contributed by atoms with Gasteiger partial charge in [0.15, 0.2) is 26.3 Å². The Balaban J connectivity index is 1.49. The number of anilines is 2. The molecular formula is C34H45N3O11Si. The summed E-state index contributed by atoms with van der Waals surface area (Å²) in [4.78, 5) is 56.0. The summed E-state index contributed by atoms with van der Waals surface area (Å²) < 4.78 is 11.8. The van der Waals surface area contributed by atoms with Crippen molar-refractivity contribution in [1.82, 2.24) is 4.90 Å². The third-order valence-electron chi connectivity index (χ3n) is 9.72. The third-order valence-corrected chi connectivity index (χ3v) is 12.2. The molecule has 49 heavy (non-hydrogen) atoms. The molecule has 1 spiro atoms. The van der Waals surface area contributed by atoms with Gasteiger partial charge in [-0.15, -0.1) is 6.58 Å². The maximum absolute atomic E-state index is 14.4. The highest BCUT2D eigenvalue weighted by atomic mass is 28.4. The molecule has 0 radical (unpaired) electrons. The average molecular weight is 700 g/mol. The quantitative estimate of drug-likeness (QED) is 0.124. The van der Waals surface area contributed by atoms with E-state index in [1.165, 1.54) is 15.9 Å². The molecule has 15 heteroatoms. The van der Waals surface area contributed by atoms with Gasteiger partial charge in [0.2, 0.25) is 5.91 Å². The molecule has 5 rings (SSSR count). The molecule has 3 aliphatic rings. The van der Waals surface area contributed by atoms with Gasteiger partial charge in [0.05, 0.1) is 24.8 Å². The van der Waals surface area contributed by atoms with Gasteiger partial charge in [-0.05, 0) is 36.9 Å². The standard InChI is InChI=1S/C34H45N3O11Si/c1-5-13-37-23-12-11-21(35-31(43)29-27(41)26(40)28(42)32(44)47-29)16-22(23)34(33(37)45)19(2)30(49(3,4)46)24(48-34)17-25(39)36(14-15-38)18-20-9-7-6-8-10-20/h5-12,16,19,24,26-30,32,38,40-42,44,46H,1,13-15,17-18H2,2-4H3,(H,35,43)/t19-,24+,26-,27-,28+,29-,30-,32+,34+/m0/s1. The Morgan fingerprint density at radius 1 is 1.08 bits per heavy atom. The molecule has 9 atom stereocenters. The Morgan fingerprint density at radius 2 is 1.78 bits per heavy atom. The summed E-state index contributed by atoms with van der Waals surface area (Å²) >= 11 is 0. The molecule has 3 heterocycles. The lowest BCUT2D eigenvalue weighted by atomic mass is 9.82. The highest BCUT2D eigenvalue weighted by Crippen LogP contribution is 2.60. The Labute approximate surface area is 285 Å². The second-order valence-corrected chi connectivity index (χ2v) is 17.4. The maximum Gasteiger partial charge on any atom is 0.264 e. The molecule has 0 aromatic heterocycles. The van der Waals surface area contributed by atoms with Crippen LogP contribution in [0.4, 0.5) is 11.4 Å². The minimum absolute atomic E-state index is 0.0795. The van der Waals surface area contributed by atoms with Crippen molar-refractivity contribution < 1.29 is 54.2 Å². The number of rotatable bonds is 11. The number of aliphatic hydroxyl groups excluding tert-OH is 5. The third kappa shape index (κ3) is 6.82. The van der Waals surface area contributed by atoms with E-state index in [1.54, 1.807) is 38.2 Å². The largest absolute Gasteiger partial charge is 0.432 e. The first-order valence-electron chi connectivity index (χ1n) is 16.2. The van der Waals surface area contributed by atoms with Crippen molar-refractivity contribution in [3.8, 4) is 0 Å². The van der Waals surface area contributed by atoms with E-state index in [0.29, 0.717) is 11.3 Å². The smallest absolute Gasteiger partial charge is 0.264 e. The minimum atomic E-state index is -3.14. The molecule has 0 saturated carbocycles. The fourth-order valence-corrected chi connectivity index (χ4v) is 10.0. The maximum atomic E-state index is 14.4. The van der Waals surface area contributed by atoms with E-state index in [1.807, 2.05) is 30.3 Å². The first-order chi connectivity index (χ1) is 23.1. The number of nitrogens with one attached hydrogen (secondary N) is 1. The van der Waals surface area contributed by atoms with E-state index in [9.17, 15) is 44.7 Å². The summed E-state index contributed by atoms with van der Waals surface area (Å²) in [7, 11) is -3.14. The molecule has 0 bridgehead atoms. The van der Waals surface area contributed by atoms with Crippen molar-refractivity contribution in [1.29, 1.82) is 0 Å². The molecule has 14 nitrogen and oxygen atoms in total. The normalized spacial score (nSPS) is 31.1. The van der Waals surface area contributed by atoms with Gasteiger partial charge in [0.1, 0.15) is 18.3 Å². The van der Waals surface area contributed by atoms with Crippen molar-refractivity contribution in [3.63, 3.8) is 0 Å². The molecule has 266 valence electrons. The van der Waals surface area contributed by atoms with E-state index in [2.05, 4.69) is 11.9 Å². The van der Waals surface area contributed by atoms with Gasteiger partial charge in [-0.25, -0.2) is 0 Å². The molecule has 2 aromatic carbocycles. The van der Waals surface area contributed by atoms with E-state index in [4.69, 9.17) is 9.47 Å². The Morgan fingerprint density at radius 3 is 2.41 bits per heavy atom. The van der Waals surface area contributed by atoms with Gasteiger partial charge in [0, 0.05) is 42.3 Å². The van der Waals surface area contributed by atoms with Crippen LogP contribution in [-0.4, -0.2) is 118 Å². The molecule has 2 aromatic rings. The molecular weight excluding hydrogens is 654 g/mol. The van der Waals surface area contributed by atoms with Crippen LogP contribution in [0.5, 0.6) is 0 Å². The van der Waals surface area contributed by atoms with Crippen LogP contribution >= 0.6 is 0 Å². The van der Waals surface area contributed by atoms with E-state index in [-0.39, 0.29) is 44.3 Å². The molecule has 2 fully saturated rings. The van der Waals surface area contributed by atoms with Gasteiger partial charge in [-0.1, -0.05) is 43.3 Å². The van der Waals surface area contributed by atoms with Gasteiger partial charge in [0.25, 0.3) is 11.8 Å². The molecule has 3 amide bonds. The van der Waals surface area contributed by atoms with Gasteiger partial charge in [-0.3, -0.25) is 14.4 Å². The SMILES string of the molecule is C=CCN1C(=O)[C@]2(O[C@H](CC(=O)N(CCO)Cc3ccccc3)[C@@H]([Si](C)(C)O)[C@@H]2C)c2cc(NC(=O)[C@H]3O[C@@H](O)[C@H](O)[C@@H](O)[C@@H]3O)ccc21. The molecule has 0 aliphatic carbocycles. The van der Waals surface area contributed by atoms with Crippen molar-refractivity contribution in [3.05, 3.63) is 72.3 Å². The zero-order valence-electron chi connectivity index (χ0n) is 27.7. The number of aliphatic hydroxyl groups is 5. The lowest BCUT2D eigenvalue weighted by molar-refractivity contribution is -0.274. The average Bonchev–Trinajstić information content (AvgIpc) is 3.48. The molecule has 0 unspecified atom stereocenters. The zero-order chi connectivity index (χ0) is 35.8. The number of hydrogen-bond acceptors (Lipinski definition) is 11. The summed E-state index contributed by atoms with van der Waals surface area (Å²) in [6, 6.07) is 14.0. The van der Waals surface area contributed by atoms with Crippen molar-refractivity contribution in [2.45, 2.75) is 80.9 Å². The highest BCUT2D eigenvalue weighted by Gasteiger charge is 2.66. The minimum Gasteiger partial charge on any atom is -0.432 e. The Hall–Kier alpha value is -3.51. The summed E-state index contributed by atoms with van der Waals surface area (Å²) in [5, 5.41) is 52.5. The number of nitrogens with zero attached hydrogens (tertiary/aromatic N) is 2.